The number of nitrogens with one attached hydrogen (secondary N) is 1. The van der Waals surface area contributed by atoms with Crippen molar-refractivity contribution in [2.45, 2.75) is 45.1 Å². The number of pyridine rings is 1. The van der Waals surface area contributed by atoms with Crippen molar-refractivity contribution in [3.8, 4) is 5.75 Å². The van der Waals surface area contributed by atoms with E-state index in [1.165, 1.54) is 19.3 Å². The van der Waals surface area contributed by atoms with Gasteiger partial charge in [-0.25, -0.2) is 4.98 Å². The molecule has 2 aromatic carbocycles. The fourth-order valence-corrected chi connectivity index (χ4v) is 4.76. The molecule has 1 amide bonds. The lowest BCUT2D eigenvalue weighted by Crippen LogP contribution is -2.33. The Bertz CT molecular complexity index is 1240. The van der Waals surface area contributed by atoms with Gasteiger partial charge in [-0.1, -0.05) is 37.5 Å². The van der Waals surface area contributed by atoms with Crippen LogP contribution < -0.4 is 10.1 Å². The van der Waals surface area contributed by atoms with Crippen LogP contribution in [0, 0.1) is 5.92 Å². The zero-order valence-corrected chi connectivity index (χ0v) is 18.9. The average molecular weight is 443 g/mol. The zero-order chi connectivity index (χ0) is 22.5. The normalized spacial score (nSPS) is 14.5. The van der Waals surface area contributed by atoms with Crippen molar-refractivity contribution in [3.05, 3.63) is 66.6 Å². The number of hydrogen-bond donors (Lipinski definition) is 1. The fraction of sp³-hybridized carbons (Fsp3) is 0.370. The van der Waals surface area contributed by atoms with Gasteiger partial charge in [0.1, 0.15) is 18.2 Å². The number of hydrogen-bond acceptors (Lipinski definition) is 4. The molecule has 0 saturated heterocycles. The molecule has 0 spiro atoms. The van der Waals surface area contributed by atoms with Crippen LogP contribution in [-0.2, 0) is 17.8 Å². The first kappa shape index (κ1) is 21.4. The van der Waals surface area contributed by atoms with Gasteiger partial charge in [-0.05, 0) is 43.2 Å². The SMILES string of the molecule is O=C(NCCc1nc2ccccc2n1CCOc1ccc2cccnc2c1)C1CCCCC1. The molecule has 4 aromatic rings. The van der Waals surface area contributed by atoms with Crippen molar-refractivity contribution in [1.29, 1.82) is 0 Å². The lowest BCUT2D eigenvalue weighted by Gasteiger charge is -2.20. The van der Waals surface area contributed by atoms with Gasteiger partial charge in [0, 0.05) is 36.5 Å². The number of carbonyl (C=O) groups excluding carboxylic acids is 1. The van der Waals surface area contributed by atoms with Gasteiger partial charge < -0.3 is 14.6 Å². The molecule has 1 N–H and O–H groups in total. The second-order valence-electron chi connectivity index (χ2n) is 8.75. The van der Waals surface area contributed by atoms with E-state index < -0.39 is 0 Å². The summed E-state index contributed by atoms with van der Waals surface area (Å²) in [6, 6.07) is 18.1. The molecule has 1 saturated carbocycles. The Labute approximate surface area is 194 Å². The van der Waals surface area contributed by atoms with Gasteiger partial charge >= 0.3 is 0 Å². The number of amides is 1. The first-order valence-electron chi connectivity index (χ1n) is 12.0. The standard InChI is InChI=1S/C27H30N4O2/c32-27(21-7-2-1-3-8-21)29-16-14-26-30-23-10-4-5-11-25(23)31(26)17-18-33-22-13-12-20-9-6-15-28-24(20)19-22/h4-6,9-13,15,19,21H,1-3,7-8,14,16-18H2,(H,29,32). The predicted octanol–water partition coefficient (Wildman–Crippen LogP) is 4.90. The maximum absolute atomic E-state index is 12.5. The van der Waals surface area contributed by atoms with Gasteiger partial charge in [-0.3, -0.25) is 9.78 Å². The van der Waals surface area contributed by atoms with Crippen LogP contribution in [0.2, 0.25) is 0 Å². The lowest BCUT2D eigenvalue weighted by molar-refractivity contribution is -0.125. The summed E-state index contributed by atoms with van der Waals surface area (Å²) in [6.45, 7) is 1.82. The molecule has 170 valence electrons. The number of carbonyl (C=O) groups is 1. The largest absolute Gasteiger partial charge is 0.492 e. The predicted molar refractivity (Wildman–Crippen MR) is 130 cm³/mol. The number of fused-ring (bicyclic) bond motifs is 2. The average Bonchev–Trinajstić information content (AvgIpc) is 3.22. The summed E-state index contributed by atoms with van der Waals surface area (Å²) >= 11 is 0. The summed E-state index contributed by atoms with van der Waals surface area (Å²) in [4.78, 5) is 21.7. The topological polar surface area (TPSA) is 69.0 Å². The monoisotopic (exact) mass is 442 g/mol. The molecule has 5 rings (SSSR count). The molecular weight excluding hydrogens is 412 g/mol. The molecule has 1 aliphatic rings. The molecular formula is C27H30N4O2. The van der Waals surface area contributed by atoms with E-state index in [0.29, 0.717) is 26.1 Å². The molecule has 0 bridgehead atoms. The second kappa shape index (κ2) is 10.0. The van der Waals surface area contributed by atoms with Crippen molar-refractivity contribution in [3.63, 3.8) is 0 Å². The summed E-state index contributed by atoms with van der Waals surface area (Å²) < 4.78 is 8.26. The van der Waals surface area contributed by atoms with E-state index in [9.17, 15) is 4.79 Å². The molecule has 2 aromatic heterocycles. The van der Waals surface area contributed by atoms with Crippen LogP contribution >= 0.6 is 0 Å². The minimum absolute atomic E-state index is 0.183. The summed E-state index contributed by atoms with van der Waals surface area (Å²) in [7, 11) is 0. The van der Waals surface area contributed by atoms with E-state index in [-0.39, 0.29) is 11.8 Å². The van der Waals surface area contributed by atoms with E-state index in [2.05, 4.69) is 20.9 Å². The molecule has 0 radical (unpaired) electrons. The Kier molecular flexibility index (Phi) is 6.51. The summed E-state index contributed by atoms with van der Waals surface area (Å²) in [6.07, 6.45) is 8.13. The molecule has 2 heterocycles. The highest BCUT2D eigenvalue weighted by molar-refractivity contribution is 5.80. The van der Waals surface area contributed by atoms with Crippen molar-refractivity contribution >= 4 is 27.8 Å². The van der Waals surface area contributed by atoms with E-state index in [0.717, 1.165) is 46.4 Å². The maximum Gasteiger partial charge on any atom is 0.223 e. The number of para-hydroxylation sites is 2. The quantitative estimate of drug-likeness (QED) is 0.421. The van der Waals surface area contributed by atoms with E-state index >= 15 is 0 Å². The van der Waals surface area contributed by atoms with Gasteiger partial charge in [-0.2, -0.15) is 0 Å². The third-order valence-corrected chi connectivity index (χ3v) is 6.52. The first-order chi connectivity index (χ1) is 16.3. The minimum Gasteiger partial charge on any atom is -0.492 e. The molecule has 33 heavy (non-hydrogen) atoms. The highest BCUT2D eigenvalue weighted by Crippen LogP contribution is 2.24. The summed E-state index contributed by atoms with van der Waals surface area (Å²) in [5, 5.41) is 4.24. The van der Waals surface area contributed by atoms with Crippen LogP contribution in [0.15, 0.2) is 60.8 Å². The molecule has 1 fully saturated rings. The molecule has 1 aliphatic carbocycles. The number of ether oxygens (including phenoxy) is 1. The highest BCUT2D eigenvalue weighted by Gasteiger charge is 2.20. The van der Waals surface area contributed by atoms with Gasteiger partial charge in [0.15, 0.2) is 0 Å². The first-order valence-corrected chi connectivity index (χ1v) is 12.0. The number of benzene rings is 2. The van der Waals surface area contributed by atoms with Crippen molar-refractivity contribution in [2.24, 2.45) is 5.92 Å². The molecule has 6 heteroatoms. The number of imidazole rings is 1. The second-order valence-corrected chi connectivity index (χ2v) is 8.75. The van der Waals surface area contributed by atoms with Gasteiger partial charge in [0.05, 0.1) is 23.1 Å². The number of nitrogens with zero attached hydrogens (tertiary/aromatic N) is 3. The van der Waals surface area contributed by atoms with Gasteiger partial charge in [-0.15, -0.1) is 0 Å². The fourth-order valence-electron chi connectivity index (χ4n) is 4.76. The van der Waals surface area contributed by atoms with Crippen LogP contribution in [-0.4, -0.2) is 33.6 Å². The smallest absolute Gasteiger partial charge is 0.223 e. The Morgan fingerprint density at radius 1 is 1.03 bits per heavy atom. The highest BCUT2D eigenvalue weighted by atomic mass is 16.5. The van der Waals surface area contributed by atoms with Gasteiger partial charge in [0.2, 0.25) is 5.91 Å². The zero-order valence-electron chi connectivity index (χ0n) is 18.9. The van der Waals surface area contributed by atoms with Crippen molar-refractivity contribution in [2.75, 3.05) is 13.2 Å². The van der Waals surface area contributed by atoms with Crippen LogP contribution in [0.1, 0.15) is 37.9 Å². The summed E-state index contributed by atoms with van der Waals surface area (Å²) in [5.41, 5.74) is 2.99. The molecule has 0 unspecified atom stereocenters. The van der Waals surface area contributed by atoms with Crippen molar-refractivity contribution < 1.29 is 9.53 Å². The van der Waals surface area contributed by atoms with E-state index in [1.54, 1.807) is 6.20 Å². The molecule has 6 nitrogen and oxygen atoms in total. The molecule has 0 atom stereocenters. The van der Waals surface area contributed by atoms with E-state index in [4.69, 9.17) is 9.72 Å². The number of aromatic nitrogens is 3. The van der Waals surface area contributed by atoms with Crippen LogP contribution in [0.5, 0.6) is 5.75 Å². The summed E-state index contributed by atoms with van der Waals surface area (Å²) in [5.74, 6) is 2.17. The molecule has 0 aliphatic heterocycles. The van der Waals surface area contributed by atoms with Crippen LogP contribution in [0.3, 0.4) is 0 Å². The van der Waals surface area contributed by atoms with Crippen LogP contribution in [0.4, 0.5) is 0 Å². The van der Waals surface area contributed by atoms with Crippen molar-refractivity contribution in [1.82, 2.24) is 19.9 Å². The third kappa shape index (κ3) is 5.00. The number of rotatable bonds is 8. The third-order valence-electron chi connectivity index (χ3n) is 6.52. The Balaban J connectivity index is 1.23. The van der Waals surface area contributed by atoms with Crippen LogP contribution in [0.25, 0.3) is 21.9 Å². The Morgan fingerprint density at radius 2 is 1.91 bits per heavy atom. The Hall–Kier alpha value is -3.41. The van der Waals surface area contributed by atoms with Gasteiger partial charge in [0.25, 0.3) is 0 Å². The minimum atomic E-state index is 0.183. The maximum atomic E-state index is 12.5. The van der Waals surface area contributed by atoms with E-state index in [1.807, 2.05) is 48.5 Å². The Morgan fingerprint density at radius 3 is 2.82 bits per heavy atom. The lowest BCUT2D eigenvalue weighted by atomic mass is 9.89.